The molecule has 0 bridgehead atoms. The summed E-state index contributed by atoms with van der Waals surface area (Å²) in [5, 5.41) is 2.85. The van der Waals surface area contributed by atoms with Gasteiger partial charge < -0.3 is 19.5 Å². The molecular weight excluding hydrogens is 272 g/mol. The van der Waals surface area contributed by atoms with E-state index in [1.807, 2.05) is 18.7 Å². The van der Waals surface area contributed by atoms with Crippen LogP contribution in [-0.2, 0) is 4.79 Å². The van der Waals surface area contributed by atoms with Crippen LogP contribution in [0.1, 0.15) is 13.8 Å². The highest BCUT2D eigenvalue weighted by atomic mass is 16.5. The van der Waals surface area contributed by atoms with Gasteiger partial charge in [0.15, 0.2) is 11.5 Å². The summed E-state index contributed by atoms with van der Waals surface area (Å²) in [6, 6.07) is 3.42. The van der Waals surface area contributed by atoms with Crippen LogP contribution in [0.15, 0.2) is 12.1 Å². The smallest absolute Gasteiger partial charge is 0.238 e. The number of methoxy groups -OCH3 is 3. The lowest BCUT2D eigenvalue weighted by Crippen LogP contribution is -2.32. The normalized spacial score (nSPS) is 10.4. The molecule has 0 fully saturated rings. The Hall–Kier alpha value is -1.95. The van der Waals surface area contributed by atoms with Crippen molar-refractivity contribution in [1.29, 1.82) is 0 Å². The molecule has 0 atom stereocenters. The fourth-order valence-corrected chi connectivity index (χ4v) is 2.00. The van der Waals surface area contributed by atoms with Crippen LogP contribution in [0, 0.1) is 0 Å². The molecule has 21 heavy (non-hydrogen) atoms. The minimum absolute atomic E-state index is 0.0760. The first-order valence-corrected chi connectivity index (χ1v) is 6.91. The van der Waals surface area contributed by atoms with Gasteiger partial charge in [-0.25, -0.2) is 0 Å². The van der Waals surface area contributed by atoms with Crippen molar-refractivity contribution in [3.8, 4) is 17.2 Å². The number of hydrogen-bond acceptors (Lipinski definition) is 5. The molecule has 0 aliphatic heterocycles. The van der Waals surface area contributed by atoms with Crippen LogP contribution >= 0.6 is 0 Å². The molecular formula is C15H24N2O4. The van der Waals surface area contributed by atoms with E-state index in [-0.39, 0.29) is 5.91 Å². The van der Waals surface area contributed by atoms with Gasteiger partial charge in [-0.15, -0.1) is 0 Å². The SMILES string of the molecule is CCN(CC)CC(=O)Nc1cc(OC)c(OC)c(OC)c1. The number of anilines is 1. The average Bonchev–Trinajstić information content (AvgIpc) is 2.51. The van der Waals surface area contributed by atoms with Crippen molar-refractivity contribution in [2.24, 2.45) is 0 Å². The van der Waals surface area contributed by atoms with Gasteiger partial charge in [0.1, 0.15) is 0 Å². The van der Waals surface area contributed by atoms with Crippen molar-refractivity contribution < 1.29 is 19.0 Å². The Balaban J connectivity index is 2.91. The topological polar surface area (TPSA) is 60.0 Å². The van der Waals surface area contributed by atoms with Crippen molar-refractivity contribution in [3.05, 3.63) is 12.1 Å². The molecule has 1 aromatic carbocycles. The zero-order valence-electron chi connectivity index (χ0n) is 13.4. The molecule has 1 aromatic rings. The van der Waals surface area contributed by atoms with E-state index in [0.29, 0.717) is 29.5 Å². The Bertz CT molecular complexity index is 448. The Morgan fingerprint density at radius 2 is 1.57 bits per heavy atom. The number of carbonyl (C=O) groups excluding carboxylic acids is 1. The largest absolute Gasteiger partial charge is 0.493 e. The molecule has 1 amide bonds. The lowest BCUT2D eigenvalue weighted by Gasteiger charge is -2.18. The molecule has 0 heterocycles. The monoisotopic (exact) mass is 296 g/mol. The summed E-state index contributed by atoms with van der Waals surface area (Å²) < 4.78 is 15.8. The lowest BCUT2D eigenvalue weighted by atomic mass is 10.2. The molecule has 0 spiro atoms. The van der Waals surface area contributed by atoms with E-state index < -0.39 is 0 Å². The van der Waals surface area contributed by atoms with Gasteiger partial charge in [0.05, 0.1) is 27.9 Å². The van der Waals surface area contributed by atoms with Crippen LogP contribution in [0.4, 0.5) is 5.69 Å². The Morgan fingerprint density at radius 1 is 1.05 bits per heavy atom. The van der Waals surface area contributed by atoms with Crippen molar-refractivity contribution >= 4 is 11.6 Å². The van der Waals surface area contributed by atoms with Gasteiger partial charge in [0.25, 0.3) is 0 Å². The molecule has 6 nitrogen and oxygen atoms in total. The summed E-state index contributed by atoms with van der Waals surface area (Å²) in [6.07, 6.45) is 0. The molecule has 1 N–H and O–H groups in total. The second-order valence-corrected chi connectivity index (χ2v) is 4.42. The first kappa shape index (κ1) is 17.1. The van der Waals surface area contributed by atoms with Gasteiger partial charge in [0, 0.05) is 17.8 Å². The zero-order valence-corrected chi connectivity index (χ0v) is 13.4. The van der Waals surface area contributed by atoms with Crippen molar-refractivity contribution in [2.75, 3.05) is 46.3 Å². The number of carbonyl (C=O) groups is 1. The first-order valence-electron chi connectivity index (χ1n) is 6.91. The van der Waals surface area contributed by atoms with Gasteiger partial charge in [-0.1, -0.05) is 13.8 Å². The second-order valence-electron chi connectivity index (χ2n) is 4.42. The third kappa shape index (κ3) is 4.53. The second kappa shape index (κ2) is 8.36. The summed E-state index contributed by atoms with van der Waals surface area (Å²) >= 11 is 0. The van der Waals surface area contributed by atoms with Crippen LogP contribution in [0.2, 0.25) is 0 Å². The highest BCUT2D eigenvalue weighted by Crippen LogP contribution is 2.39. The fraction of sp³-hybridized carbons (Fsp3) is 0.533. The van der Waals surface area contributed by atoms with E-state index in [4.69, 9.17) is 14.2 Å². The van der Waals surface area contributed by atoms with Gasteiger partial charge in [-0.2, -0.15) is 0 Å². The van der Waals surface area contributed by atoms with E-state index in [0.717, 1.165) is 13.1 Å². The Labute approximate surface area is 126 Å². The number of rotatable bonds is 8. The fourth-order valence-electron chi connectivity index (χ4n) is 2.00. The summed E-state index contributed by atoms with van der Waals surface area (Å²) in [4.78, 5) is 14.1. The number of ether oxygens (including phenoxy) is 3. The van der Waals surface area contributed by atoms with Crippen molar-refractivity contribution in [3.63, 3.8) is 0 Å². The molecule has 0 saturated carbocycles. The third-order valence-corrected chi connectivity index (χ3v) is 3.21. The molecule has 0 saturated heterocycles. The van der Waals surface area contributed by atoms with E-state index in [1.54, 1.807) is 33.5 Å². The lowest BCUT2D eigenvalue weighted by molar-refractivity contribution is -0.117. The first-order chi connectivity index (χ1) is 10.1. The average molecular weight is 296 g/mol. The minimum Gasteiger partial charge on any atom is -0.493 e. The highest BCUT2D eigenvalue weighted by molar-refractivity contribution is 5.93. The maximum atomic E-state index is 12.0. The molecule has 118 valence electrons. The van der Waals surface area contributed by atoms with Crippen LogP contribution in [0.3, 0.4) is 0 Å². The van der Waals surface area contributed by atoms with E-state index in [2.05, 4.69) is 5.32 Å². The minimum atomic E-state index is -0.0760. The predicted molar refractivity (Wildman–Crippen MR) is 82.5 cm³/mol. The van der Waals surface area contributed by atoms with Crippen LogP contribution in [0.25, 0.3) is 0 Å². The van der Waals surface area contributed by atoms with Crippen LogP contribution in [0.5, 0.6) is 17.2 Å². The summed E-state index contributed by atoms with van der Waals surface area (Å²) in [7, 11) is 4.62. The Kier molecular flexibility index (Phi) is 6.81. The number of nitrogens with one attached hydrogen (secondary N) is 1. The number of nitrogens with zero attached hydrogens (tertiary/aromatic N) is 1. The predicted octanol–water partition coefficient (Wildman–Crippen LogP) is 1.99. The number of amides is 1. The molecule has 0 aliphatic carbocycles. The van der Waals surface area contributed by atoms with Crippen LogP contribution in [-0.4, -0.2) is 51.8 Å². The van der Waals surface area contributed by atoms with E-state index in [9.17, 15) is 4.79 Å². The maximum Gasteiger partial charge on any atom is 0.238 e. The molecule has 0 aliphatic rings. The van der Waals surface area contributed by atoms with Crippen LogP contribution < -0.4 is 19.5 Å². The van der Waals surface area contributed by atoms with E-state index in [1.165, 1.54) is 0 Å². The summed E-state index contributed by atoms with van der Waals surface area (Å²) in [5.74, 6) is 1.44. The van der Waals surface area contributed by atoms with Gasteiger partial charge in [0.2, 0.25) is 11.7 Å². The summed E-state index contributed by atoms with van der Waals surface area (Å²) in [6.45, 7) is 6.06. The zero-order chi connectivity index (χ0) is 15.8. The summed E-state index contributed by atoms with van der Waals surface area (Å²) in [5.41, 5.74) is 0.613. The van der Waals surface area contributed by atoms with Gasteiger partial charge in [-0.3, -0.25) is 9.69 Å². The molecule has 1 rings (SSSR count). The molecule has 0 aromatic heterocycles. The molecule has 0 radical (unpaired) electrons. The van der Waals surface area contributed by atoms with Gasteiger partial charge >= 0.3 is 0 Å². The number of likely N-dealkylation sites (N-methyl/N-ethyl adjacent to an activating group) is 1. The Morgan fingerprint density at radius 3 is 1.95 bits per heavy atom. The van der Waals surface area contributed by atoms with E-state index >= 15 is 0 Å². The number of benzene rings is 1. The van der Waals surface area contributed by atoms with Crippen molar-refractivity contribution in [1.82, 2.24) is 4.90 Å². The van der Waals surface area contributed by atoms with Gasteiger partial charge in [-0.05, 0) is 13.1 Å². The standard InChI is InChI=1S/C15H24N2O4/c1-6-17(7-2)10-14(18)16-11-8-12(19-3)15(21-5)13(9-11)20-4/h8-9H,6-7,10H2,1-5H3,(H,16,18). The molecule has 0 unspecified atom stereocenters. The number of hydrogen-bond donors (Lipinski definition) is 1. The highest BCUT2D eigenvalue weighted by Gasteiger charge is 2.15. The third-order valence-electron chi connectivity index (χ3n) is 3.21. The van der Waals surface area contributed by atoms with Crippen molar-refractivity contribution in [2.45, 2.75) is 13.8 Å². The maximum absolute atomic E-state index is 12.0. The molecule has 6 heteroatoms. The quantitative estimate of drug-likeness (QED) is 0.795.